The largest absolute Gasteiger partial charge is 0.388 e. The molecule has 0 aromatic heterocycles. The third-order valence-electron chi connectivity index (χ3n) is 3.10. The molecule has 0 saturated carbocycles. The molecule has 104 valence electrons. The normalized spacial score (nSPS) is 22.3. The molecule has 1 heterocycles. The number of hydrogen-bond donors (Lipinski definition) is 2. The van der Waals surface area contributed by atoms with E-state index in [1.54, 1.807) is 29.2 Å². The third-order valence-corrected chi connectivity index (χ3v) is 3.33. The molecule has 0 radical (unpaired) electrons. The number of nitrogens with zero attached hydrogens (tertiary/aromatic N) is 1. The summed E-state index contributed by atoms with van der Waals surface area (Å²) < 4.78 is 5.18. The predicted octanol–water partition coefficient (Wildman–Crippen LogP) is 1.95. The fourth-order valence-corrected chi connectivity index (χ4v) is 2.31. The Morgan fingerprint density at radius 1 is 1.58 bits per heavy atom. The van der Waals surface area contributed by atoms with E-state index in [-0.39, 0.29) is 18.7 Å². The Balaban J connectivity index is 2.04. The lowest BCUT2D eigenvalue weighted by molar-refractivity contribution is 0.1000. The summed E-state index contributed by atoms with van der Waals surface area (Å²) >= 11 is 5.87. The van der Waals surface area contributed by atoms with E-state index in [1.807, 2.05) is 6.92 Å². The van der Waals surface area contributed by atoms with Gasteiger partial charge in [0, 0.05) is 17.3 Å². The van der Waals surface area contributed by atoms with Gasteiger partial charge < -0.3 is 20.1 Å². The summed E-state index contributed by atoms with van der Waals surface area (Å²) in [6.07, 6.45) is -0.634. The molecule has 1 aliphatic rings. The molecule has 2 amide bonds. The Hall–Kier alpha value is -1.30. The van der Waals surface area contributed by atoms with E-state index in [0.29, 0.717) is 23.9 Å². The summed E-state index contributed by atoms with van der Waals surface area (Å²) in [5, 5.41) is 13.1. The van der Waals surface area contributed by atoms with Gasteiger partial charge in [0.2, 0.25) is 0 Å². The first-order valence-electron chi connectivity index (χ1n) is 6.20. The lowest BCUT2D eigenvalue weighted by Gasteiger charge is -2.28. The van der Waals surface area contributed by atoms with Crippen LogP contribution in [-0.2, 0) is 4.74 Å². The molecule has 1 aliphatic heterocycles. The second-order valence-corrected chi connectivity index (χ2v) is 4.84. The number of benzene rings is 1. The lowest BCUT2D eigenvalue weighted by atomic mass is 10.2. The van der Waals surface area contributed by atoms with Crippen LogP contribution in [0.1, 0.15) is 6.92 Å². The fourth-order valence-electron chi connectivity index (χ4n) is 2.12. The number of urea groups is 1. The molecule has 1 aromatic rings. The van der Waals surface area contributed by atoms with Gasteiger partial charge in [0.1, 0.15) is 0 Å². The van der Waals surface area contributed by atoms with E-state index in [0.717, 1.165) is 0 Å². The number of carbonyl (C=O) groups excluding carboxylic acids is 1. The molecule has 0 unspecified atom stereocenters. The van der Waals surface area contributed by atoms with E-state index < -0.39 is 6.10 Å². The molecule has 1 saturated heterocycles. The van der Waals surface area contributed by atoms with E-state index in [2.05, 4.69) is 5.32 Å². The van der Waals surface area contributed by atoms with Gasteiger partial charge in [-0.1, -0.05) is 17.7 Å². The molecule has 19 heavy (non-hydrogen) atoms. The van der Waals surface area contributed by atoms with Gasteiger partial charge in [-0.25, -0.2) is 4.79 Å². The number of carbonyl (C=O) groups is 1. The Bertz CT molecular complexity index is 455. The fraction of sp³-hybridized carbons (Fsp3) is 0.462. The van der Waals surface area contributed by atoms with Gasteiger partial charge in [-0.15, -0.1) is 0 Å². The second kappa shape index (κ2) is 6.23. The van der Waals surface area contributed by atoms with Gasteiger partial charge in [0.15, 0.2) is 0 Å². The SMILES string of the molecule is CCN(C(=O)Nc1cccc(Cl)c1)[C@H]1COC[C@@H]1O. The van der Waals surface area contributed by atoms with Crippen molar-refractivity contribution in [3.05, 3.63) is 29.3 Å². The quantitative estimate of drug-likeness (QED) is 0.892. The summed E-state index contributed by atoms with van der Waals surface area (Å²) in [6.45, 7) is 2.99. The van der Waals surface area contributed by atoms with E-state index in [1.165, 1.54) is 0 Å². The minimum atomic E-state index is -0.634. The van der Waals surface area contributed by atoms with Crippen molar-refractivity contribution in [1.82, 2.24) is 4.90 Å². The maximum atomic E-state index is 12.2. The zero-order valence-corrected chi connectivity index (χ0v) is 11.4. The number of rotatable bonds is 3. The summed E-state index contributed by atoms with van der Waals surface area (Å²) in [5.74, 6) is 0. The number of anilines is 1. The number of likely N-dealkylation sites (N-methyl/N-ethyl adjacent to an activating group) is 1. The Morgan fingerprint density at radius 3 is 2.95 bits per heavy atom. The first-order valence-corrected chi connectivity index (χ1v) is 6.58. The van der Waals surface area contributed by atoms with Crippen LogP contribution in [0, 0.1) is 0 Å². The highest BCUT2D eigenvalue weighted by molar-refractivity contribution is 6.30. The summed E-state index contributed by atoms with van der Waals surface area (Å²) in [7, 11) is 0. The highest BCUT2D eigenvalue weighted by atomic mass is 35.5. The minimum absolute atomic E-state index is 0.265. The molecule has 2 atom stereocenters. The van der Waals surface area contributed by atoms with Crippen molar-refractivity contribution >= 4 is 23.3 Å². The average molecular weight is 285 g/mol. The van der Waals surface area contributed by atoms with E-state index in [9.17, 15) is 9.90 Å². The highest BCUT2D eigenvalue weighted by Crippen LogP contribution is 2.18. The monoisotopic (exact) mass is 284 g/mol. The molecule has 1 aromatic carbocycles. The Morgan fingerprint density at radius 2 is 2.37 bits per heavy atom. The molecule has 5 nitrogen and oxygen atoms in total. The number of halogens is 1. The van der Waals surface area contributed by atoms with Crippen LogP contribution in [0.2, 0.25) is 5.02 Å². The van der Waals surface area contributed by atoms with Gasteiger partial charge in [-0.05, 0) is 25.1 Å². The molecule has 0 aliphatic carbocycles. The Kier molecular flexibility index (Phi) is 4.63. The maximum absolute atomic E-state index is 12.2. The van der Waals surface area contributed by atoms with Crippen molar-refractivity contribution in [2.24, 2.45) is 0 Å². The summed E-state index contributed by atoms with van der Waals surface area (Å²) in [5.41, 5.74) is 0.629. The number of aliphatic hydroxyl groups excluding tert-OH is 1. The van der Waals surface area contributed by atoms with Gasteiger partial charge >= 0.3 is 6.03 Å². The topological polar surface area (TPSA) is 61.8 Å². The van der Waals surface area contributed by atoms with E-state index in [4.69, 9.17) is 16.3 Å². The van der Waals surface area contributed by atoms with Gasteiger partial charge in [-0.2, -0.15) is 0 Å². The molecule has 2 rings (SSSR count). The lowest BCUT2D eigenvalue weighted by Crippen LogP contribution is -2.48. The van der Waals surface area contributed by atoms with Crippen LogP contribution in [0.25, 0.3) is 0 Å². The zero-order chi connectivity index (χ0) is 13.8. The number of ether oxygens (including phenoxy) is 1. The average Bonchev–Trinajstić information content (AvgIpc) is 2.77. The van der Waals surface area contributed by atoms with Crippen LogP contribution in [-0.4, -0.2) is 47.9 Å². The van der Waals surface area contributed by atoms with Crippen molar-refractivity contribution in [3.63, 3.8) is 0 Å². The van der Waals surface area contributed by atoms with E-state index >= 15 is 0 Å². The number of aliphatic hydroxyl groups is 1. The zero-order valence-electron chi connectivity index (χ0n) is 10.7. The van der Waals surface area contributed by atoms with Crippen LogP contribution >= 0.6 is 11.6 Å². The highest BCUT2D eigenvalue weighted by Gasteiger charge is 2.33. The van der Waals surface area contributed by atoms with Crippen LogP contribution in [0.3, 0.4) is 0 Å². The minimum Gasteiger partial charge on any atom is -0.388 e. The molecular weight excluding hydrogens is 268 g/mol. The number of hydrogen-bond acceptors (Lipinski definition) is 3. The van der Waals surface area contributed by atoms with Crippen LogP contribution in [0.15, 0.2) is 24.3 Å². The van der Waals surface area contributed by atoms with Crippen LogP contribution < -0.4 is 5.32 Å². The standard InChI is InChI=1S/C13H17ClN2O3/c1-2-16(11-7-19-8-12(11)17)13(18)15-10-5-3-4-9(14)6-10/h3-6,11-12,17H,2,7-8H2,1H3,(H,15,18)/t11-,12-/m0/s1. The molecule has 0 spiro atoms. The number of nitrogens with one attached hydrogen (secondary N) is 1. The van der Waals surface area contributed by atoms with Crippen molar-refractivity contribution in [1.29, 1.82) is 0 Å². The molecule has 1 fully saturated rings. The van der Waals surface area contributed by atoms with Gasteiger partial charge in [0.25, 0.3) is 0 Å². The van der Waals surface area contributed by atoms with Crippen molar-refractivity contribution in [3.8, 4) is 0 Å². The first kappa shape index (κ1) is 14.1. The van der Waals surface area contributed by atoms with Crippen molar-refractivity contribution < 1.29 is 14.6 Å². The summed E-state index contributed by atoms with van der Waals surface area (Å²) in [6, 6.07) is 6.38. The van der Waals surface area contributed by atoms with Crippen LogP contribution in [0.5, 0.6) is 0 Å². The van der Waals surface area contributed by atoms with Crippen molar-refractivity contribution in [2.45, 2.75) is 19.1 Å². The first-order chi connectivity index (χ1) is 9.11. The van der Waals surface area contributed by atoms with Gasteiger partial charge in [0.05, 0.1) is 25.4 Å². The third kappa shape index (κ3) is 3.37. The molecule has 2 N–H and O–H groups in total. The maximum Gasteiger partial charge on any atom is 0.322 e. The summed E-state index contributed by atoms with van der Waals surface area (Å²) in [4.78, 5) is 13.8. The molecule has 6 heteroatoms. The molecular formula is C13H17ClN2O3. The smallest absolute Gasteiger partial charge is 0.322 e. The second-order valence-electron chi connectivity index (χ2n) is 4.40. The number of amides is 2. The Labute approximate surface area is 117 Å². The van der Waals surface area contributed by atoms with Crippen LogP contribution in [0.4, 0.5) is 10.5 Å². The van der Waals surface area contributed by atoms with Gasteiger partial charge in [-0.3, -0.25) is 0 Å². The predicted molar refractivity (Wildman–Crippen MR) is 73.5 cm³/mol. The van der Waals surface area contributed by atoms with Crippen molar-refractivity contribution in [2.75, 3.05) is 25.1 Å². The molecule has 0 bridgehead atoms.